The molecule has 0 radical (unpaired) electrons. The van der Waals surface area contributed by atoms with E-state index in [1.54, 1.807) is 12.1 Å². The van der Waals surface area contributed by atoms with E-state index in [0.717, 1.165) is 25.2 Å². The molecule has 2 atom stereocenters. The molecule has 0 saturated carbocycles. The van der Waals surface area contributed by atoms with Gasteiger partial charge < -0.3 is 10.4 Å². The molecule has 2 aliphatic heterocycles. The first-order chi connectivity index (χ1) is 8.22. The second-order valence-electron chi connectivity index (χ2n) is 4.93. The highest BCUT2D eigenvalue weighted by molar-refractivity contribution is 5.87. The van der Waals surface area contributed by atoms with E-state index >= 15 is 0 Å². The number of hydrogen-bond donors (Lipinski definition) is 2. The summed E-state index contributed by atoms with van der Waals surface area (Å²) < 4.78 is 0. The predicted octanol–water partition coefficient (Wildman–Crippen LogP) is 0.931. The normalized spacial score (nSPS) is 27.5. The van der Waals surface area contributed by atoms with Gasteiger partial charge in [0.25, 0.3) is 0 Å². The summed E-state index contributed by atoms with van der Waals surface area (Å²) in [4.78, 5) is 13.3. The molecule has 0 aromatic heterocycles. The Labute approximate surface area is 100 Å². The van der Waals surface area contributed by atoms with Crippen molar-refractivity contribution in [2.45, 2.75) is 25.0 Å². The summed E-state index contributed by atoms with van der Waals surface area (Å²) >= 11 is 0. The largest absolute Gasteiger partial charge is 0.478 e. The lowest BCUT2D eigenvalue weighted by molar-refractivity contribution is 0.0696. The molecule has 0 amide bonds. The number of carboxylic acid groups (broad SMARTS) is 1. The topological polar surface area (TPSA) is 52.6 Å². The lowest BCUT2D eigenvalue weighted by atomic mass is 10.1. The second-order valence-corrected chi connectivity index (χ2v) is 4.93. The fraction of sp³-hybridized carbons (Fsp3) is 0.462. The molecule has 2 bridgehead atoms. The Morgan fingerprint density at radius 2 is 2.41 bits per heavy atom. The zero-order chi connectivity index (χ0) is 11.8. The summed E-state index contributed by atoms with van der Waals surface area (Å²) in [5.74, 6) is -0.851. The van der Waals surface area contributed by atoms with E-state index in [9.17, 15) is 4.79 Å². The highest BCUT2D eigenvalue weighted by atomic mass is 16.4. The Hall–Kier alpha value is -1.39. The molecule has 0 spiro atoms. The van der Waals surface area contributed by atoms with Crippen molar-refractivity contribution in [2.75, 3.05) is 13.1 Å². The maximum atomic E-state index is 10.9. The van der Waals surface area contributed by atoms with Crippen LogP contribution in [0.15, 0.2) is 24.3 Å². The number of aromatic carboxylic acids is 1. The molecule has 4 nitrogen and oxygen atoms in total. The van der Waals surface area contributed by atoms with Gasteiger partial charge in [-0.15, -0.1) is 0 Å². The van der Waals surface area contributed by atoms with Crippen LogP contribution in [0.1, 0.15) is 22.3 Å². The van der Waals surface area contributed by atoms with Crippen LogP contribution in [0.4, 0.5) is 0 Å². The van der Waals surface area contributed by atoms with E-state index < -0.39 is 5.97 Å². The molecule has 2 saturated heterocycles. The highest BCUT2D eigenvalue weighted by Crippen LogP contribution is 2.25. The standard InChI is InChI=1S/C13H16N2O2/c16-13(17)10-3-1-2-9(4-10)7-15-8-11-5-12(15)6-14-11/h1-4,11-12,14H,5-8H2,(H,16,17). The number of carboxylic acids is 1. The zero-order valence-corrected chi connectivity index (χ0v) is 9.60. The first-order valence-electron chi connectivity index (χ1n) is 6.02. The van der Waals surface area contributed by atoms with E-state index in [-0.39, 0.29) is 0 Å². The van der Waals surface area contributed by atoms with Gasteiger partial charge in [-0.3, -0.25) is 4.90 Å². The summed E-state index contributed by atoms with van der Waals surface area (Å²) in [7, 11) is 0. The fourth-order valence-corrected chi connectivity index (χ4v) is 2.88. The van der Waals surface area contributed by atoms with E-state index in [4.69, 9.17) is 5.11 Å². The molecular weight excluding hydrogens is 216 g/mol. The van der Waals surface area contributed by atoms with Crippen molar-refractivity contribution in [3.63, 3.8) is 0 Å². The molecule has 1 aromatic carbocycles. The molecule has 2 heterocycles. The molecule has 2 fully saturated rings. The van der Waals surface area contributed by atoms with Crippen LogP contribution in [-0.4, -0.2) is 41.1 Å². The average Bonchev–Trinajstić information content (AvgIpc) is 2.91. The van der Waals surface area contributed by atoms with Gasteiger partial charge >= 0.3 is 5.97 Å². The van der Waals surface area contributed by atoms with E-state index in [2.05, 4.69) is 10.2 Å². The maximum Gasteiger partial charge on any atom is 0.335 e. The lowest BCUT2D eigenvalue weighted by Crippen LogP contribution is -2.42. The van der Waals surface area contributed by atoms with Crippen molar-refractivity contribution in [2.24, 2.45) is 0 Å². The Kier molecular flexibility index (Phi) is 2.61. The van der Waals surface area contributed by atoms with Gasteiger partial charge in [-0.25, -0.2) is 4.79 Å². The van der Waals surface area contributed by atoms with Crippen LogP contribution in [0.3, 0.4) is 0 Å². The number of nitrogens with zero attached hydrogens (tertiary/aromatic N) is 1. The number of hydrogen-bond acceptors (Lipinski definition) is 3. The van der Waals surface area contributed by atoms with Crippen LogP contribution >= 0.6 is 0 Å². The van der Waals surface area contributed by atoms with Crippen LogP contribution in [0.5, 0.6) is 0 Å². The van der Waals surface area contributed by atoms with E-state index in [1.165, 1.54) is 6.42 Å². The molecule has 4 heteroatoms. The van der Waals surface area contributed by atoms with Gasteiger partial charge in [-0.05, 0) is 24.1 Å². The monoisotopic (exact) mass is 232 g/mol. The van der Waals surface area contributed by atoms with Gasteiger partial charge in [-0.1, -0.05) is 12.1 Å². The van der Waals surface area contributed by atoms with Crippen molar-refractivity contribution in [3.8, 4) is 0 Å². The fourth-order valence-electron chi connectivity index (χ4n) is 2.88. The molecule has 2 aliphatic rings. The van der Waals surface area contributed by atoms with E-state index in [0.29, 0.717) is 17.6 Å². The highest BCUT2D eigenvalue weighted by Gasteiger charge is 2.37. The van der Waals surface area contributed by atoms with Gasteiger partial charge in [-0.2, -0.15) is 0 Å². The Bertz CT molecular complexity index is 447. The molecule has 2 N–H and O–H groups in total. The molecule has 90 valence electrons. The minimum absolute atomic E-state index is 0.380. The number of nitrogens with one attached hydrogen (secondary N) is 1. The minimum atomic E-state index is -0.851. The van der Waals surface area contributed by atoms with Crippen molar-refractivity contribution in [1.82, 2.24) is 10.2 Å². The lowest BCUT2D eigenvalue weighted by Gasteiger charge is -2.27. The third-order valence-electron chi connectivity index (χ3n) is 3.73. The van der Waals surface area contributed by atoms with Crippen molar-refractivity contribution < 1.29 is 9.90 Å². The molecule has 0 aliphatic carbocycles. The first-order valence-corrected chi connectivity index (χ1v) is 6.02. The number of rotatable bonds is 3. The second kappa shape index (κ2) is 4.13. The van der Waals surface area contributed by atoms with Crippen LogP contribution in [0, 0.1) is 0 Å². The summed E-state index contributed by atoms with van der Waals surface area (Å²) in [5, 5.41) is 12.4. The van der Waals surface area contributed by atoms with Gasteiger partial charge in [0, 0.05) is 31.7 Å². The zero-order valence-electron chi connectivity index (χ0n) is 9.60. The average molecular weight is 232 g/mol. The molecule has 17 heavy (non-hydrogen) atoms. The number of likely N-dealkylation sites (tertiary alicyclic amines) is 1. The van der Waals surface area contributed by atoms with Crippen molar-refractivity contribution in [1.29, 1.82) is 0 Å². The Morgan fingerprint density at radius 1 is 1.53 bits per heavy atom. The van der Waals surface area contributed by atoms with Gasteiger partial charge in [0.2, 0.25) is 0 Å². The van der Waals surface area contributed by atoms with Crippen LogP contribution in [0.25, 0.3) is 0 Å². The third kappa shape index (κ3) is 2.06. The molecular formula is C13H16N2O2. The van der Waals surface area contributed by atoms with Gasteiger partial charge in [0.15, 0.2) is 0 Å². The molecule has 3 rings (SSSR count). The smallest absolute Gasteiger partial charge is 0.335 e. The first kappa shape index (κ1) is 10.7. The van der Waals surface area contributed by atoms with Crippen LogP contribution < -0.4 is 5.32 Å². The summed E-state index contributed by atoms with van der Waals surface area (Å²) in [6.45, 7) is 3.02. The number of piperazine rings is 1. The Balaban J connectivity index is 1.73. The Morgan fingerprint density at radius 3 is 3.06 bits per heavy atom. The number of benzene rings is 1. The van der Waals surface area contributed by atoms with Crippen molar-refractivity contribution in [3.05, 3.63) is 35.4 Å². The maximum absolute atomic E-state index is 10.9. The molecule has 2 unspecified atom stereocenters. The number of carbonyl (C=O) groups is 1. The predicted molar refractivity (Wildman–Crippen MR) is 64.0 cm³/mol. The SMILES string of the molecule is O=C(O)c1cccc(CN2CC3CC2CN3)c1. The summed E-state index contributed by atoms with van der Waals surface area (Å²) in [6, 6.07) is 8.53. The summed E-state index contributed by atoms with van der Waals surface area (Å²) in [6.07, 6.45) is 1.23. The number of fused-ring (bicyclic) bond motifs is 2. The summed E-state index contributed by atoms with van der Waals surface area (Å²) in [5.41, 5.74) is 1.47. The third-order valence-corrected chi connectivity index (χ3v) is 3.73. The van der Waals surface area contributed by atoms with Crippen LogP contribution in [0.2, 0.25) is 0 Å². The molecule has 1 aromatic rings. The van der Waals surface area contributed by atoms with Gasteiger partial charge in [0.1, 0.15) is 0 Å². The van der Waals surface area contributed by atoms with Gasteiger partial charge in [0.05, 0.1) is 5.56 Å². The quantitative estimate of drug-likeness (QED) is 0.814. The van der Waals surface area contributed by atoms with Crippen molar-refractivity contribution >= 4 is 5.97 Å². The van der Waals surface area contributed by atoms with E-state index in [1.807, 2.05) is 12.1 Å². The minimum Gasteiger partial charge on any atom is -0.478 e. The van der Waals surface area contributed by atoms with Crippen LogP contribution in [-0.2, 0) is 6.54 Å².